The molecule has 0 saturated carbocycles. The number of rotatable bonds is 6. The molecule has 86 valence electrons. The molecule has 0 bridgehead atoms. The molecular formula is C11H26N2O. The lowest BCUT2D eigenvalue weighted by atomic mass is 9.83. The van der Waals surface area contributed by atoms with E-state index >= 15 is 0 Å². The zero-order chi connectivity index (χ0) is 11.4. The summed E-state index contributed by atoms with van der Waals surface area (Å²) in [4.78, 5) is 2.18. The summed E-state index contributed by atoms with van der Waals surface area (Å²) in [5.74, 6) is 0.479. The van der Waals surface area contributed by atoms with Crippen LogP contribution in [0.3, 0.4) is 0 Å². The SMILES string of the molecule is COCCC(C)C(N)C(C)(C)N(C)C. The molecule has 2 N–H and O–H groups in total. The lowest BCUT2D eigenvalue weighted by Gasteiger charge is -2.41. The minimum Gasteiger partial charge on any atom is -0.385 e. The molecule has 0 aliphatic carbocycles. The van der Waals surface area contributed by atoms with E-state index in [1.165, 1.54) is 0 Å². The van der Waals surface area contributed by atoms with Gasteiger partial charge in [-0.25, -0.2) is 0 Å². The molecule has 0 rings (SSSR count). The van der Waals surface area contributed by atoms with E-state index in [0.29, 0.717) is 5.92 Å². The van der Waals surface area contributed by atoms with Gasteiger partial charge in [0.2, 0.25) is 0 Å². The van der Waals surface area contributed by atoms with E-state index in [0.717, 1.165) is 13.0 Å². The van der Waals surface area contributed by atoms with Gasteiger partial charge in [-0.3, -0.25) is 0 Å². The quantitative estimate of drug-likeness (QED) is 0.706. The second-order valence-corrected chi connectivity index (χ2v) is 4.83. The Morgan fingerprint density at radius 1 is 1.36 bits per heavy atom. The summed E-state index contributed by atoms with van der Waals surface area (Å²) in [5.41, 5.74) is 6.27. The monoisotopic (exact) mass is 202 g/mol. The second-order valence-electron chi connectivity index (χ2n) is 4.83. The van der Waals surface area contributed by atoms with Crippen LogP contribution in [0.15, 0.2) is 0 Å². The lowest BCUT2D eigenvalue weighted by Crippen LogP contribution is -2.56. The third-order valence-electron chi connectivity index (χ3n) is 3.36. The molecule has 0 aromatic rings. The Hall–Kier alpha value is -0.120. The van der Waals surface area contributed by atoms with Crippen LogP contribution in [0.4, 0.5) is 0 Å². The molecule has 0 aliphatic rings. The average Bonchev–Trinajstić information content (AvgIpc) is 2.12. The molecule has 0 radical (unpaired) electrons. The Balaban J connectivity index is 4.22. The molecule has 2 unspecified atom stereocenters. The second kappa shape index (κ2) is 5.69. The molecular weight excluding hydrogens is 176 g/mol. The first-order valence-corrected chi connectivity index (χ1v) is 5.26. The van der Waals surface area contributed by atoms with Gasteiger partial charge in [-0.15, -0.1) is 0 Å². The summed E-state index contributed by atoms with van der Waals surface area (Å²) in [5, 5.41) is 0. The molecule has 0 amide bonds. The third kappa shape index (κ3) is 3.56. The Labute approximate surface area is 88.6 Å². The first-order valence-electron chi connectivity index (χ1n) is 5.26. The molecule has 3 nitrogen and oxygen atoms in total. The van der Waals surface area contributed by atoms with Crippen LogP contribution in [0.25, 0.3) is 0 Å². The minimum absolute atomic E-state index is 0.0349. The van der Waals surface area contributed by atoms with Gasteiger partial charge in [0.15, 0.2) is 0 Å². The van der Waals surface area contributed by atoms with Gasteiger partial charge in [0.25, 0.3) is 0 Å². The van der Waals surface area contributed by atoms with Crippen LogP contribution < -0.4 is 5.73 Å². The van der Waals surface area contributed by atoms with Crippen molar-refractivity contribution in [2.24, 2.45) is 11.7 Å². The van der Waals surface area contributed by atoms with Crippen LogP contribution >= 0.6 is 0 Å². The van der Waals surface area contributed by atoms with Crippen molar-refractivity contribution in [2.75, 3.05) is 27.8 Å². The van der Waals surface area contributed by atoms with Crippen molar-refractivity contribution in [1.29, 1.82) is 0 Å². The maximum absolute atomic E-state index is 6.24. The number of ether oxygens (including phenoxy) is 1. The topological polar surface area (TPSA) is 38.5 Å². The number of hydrogen-bond acceptors (Lipinski definition) is 3. The van der Waals surface area contributed by atoms with Gasteiger partial charge >= 0.3 is 0 Å². The van der Waals surface area contributed by atoms with Crippen LogP contribution in [0.1, 0.15) is 27.2 Å². The smallest absolute Gasteiger partial charge is 0.0465 e. The predicted molar refractivity (Wildman–Crippen MR) is 61.4 cm³/mol. The van der Waals surface area contributed by atoms with Crippen LogP contribution in [-0.2, 0) is 4.74 Å². The Morgan fingerprint density at radius 2 is 1.86 bits per heavy atom. The third-order valence-corrected chi connectivity index (χ3v) is 3.36. The van der Waals surface area contributed by atoms with Crippen LogP contribution in [0.5, 0.6) is 0 Å². The highest BCUT2D eigenvalue weighted by molar-refractivity contribution is 4.91. The zero-order valence-electron chi connectivity index (χ0n) is 10.5. The van der Waals surface area contributed by atoms with Crippen molar-refractivity contribution in [3.05, 3.63) is 0 Å². The first kappa shape index (κ1) is 13.9. The largest absolute Gasteiger partial charge is 0.385 e. The van der Waals surface area contributed by atoms with Gasteiger partial charge in [0.05, 0.1) is 0 Å². The molecule has 0 aromatic carbocycles. The Kier molecular flexibility index (Phi) is 5.64. The molecule has 2 atom stereocenters. The van der Waals surface area contributed by atoms with Crippen molar-refractivity contribution < 1.29 is 4.74 Å². The summed E-state index contributed by atoms with van der Waals surface area (Å²) < 4.78 is 5.07. The molecule has 0 spiro atoms. The normalized spacial score (nSPS) is 17.1. The summed E-state index contributed by atoms with van der Waals surface area (Å²) in [6.45, 7) is 7.34. The van der Waals surface area contributed by atoms with E-state index < -0.39 is 0 Å². The van der Waals surface area contributed by atoms with Crippen LogP contribution in [-0.4, -0.2) is 44.3 Å². The minimum atomic E-state index is 0.0349. The average molecular weight is 202 g/mol. The maximum Gasteiger partial charge on any atom is 0.0465 e. The molecule has 0 aliphatic heterocycles. The van der Waals surface area contributed by atoms with Gasteiger partial charge < -0.3 is 15.4 Å². The van der Waals surface area contributed by atoms with Gasteiger partial charge in [-0.2, -0.15) is 0 Å². The Bertz CT molecular complexity index is 157. The van der Waals surface area contributed by atoms with Crippen molar-refractivity contribution in [3.63, 3.8) is 0 Å². The Morgan fingerprint density at radius 3 is 2.21 bits per heavy atom. The molecule has 0 aromatic heterocycles. The summed E-state index contributed by atoms with van der Waals surface area (Å²) >= 11 is 0. The van der Waals surface area contributed by atoms with Crippen molar-refractivity contribution >= 4 is 0 Å². The maximum atomic E-state index is 6.24. The summed E-state index contributed by atoms with van der Waals surface area (Å²) in [6.07, 6.45) is 1.02. The number of methoxy groups -OCH3 is 1. The molecule has 0 saturated heterocycles. The highest BCUT2D eigenvalue weighted by atomic mass is 16.5. The van der Waals surface area contributed by atoms with E-state index in [2.05, 4.69) is 39.8 Å². The van der Waals surface area contributed by atoms with Crippen molar-refractivity contribution in [3.8, 4) is 0 Å². The number of likely N-dealkylation sites (N-methyl/N-ethyl adjacent to an activating group) is 1. The number of nitrogens with zero attached hydrogens (tertiary/aromatic N) is 1. The van der Waals surface area contributed by atoms with Gasteiger partial charge in [-0.1, -0.05) is 6.92 Å². The first-order chi connectivity index (χ1) is 6.34. The predicted octanol–water partition coefficient (Wildman–Crippen LogP) is 1.33. The van der Waals surface area contributed by atoms with E-state index in [-0.39, 0.29) is 11.6 Å². The summed E-state index contributed by atoms with van der Waals surface area (Å²) in [6, 6.07) is 0.174. The van der Waals surface area contributed by atoms with E-state index in [1.807, 2.05) is 0 Å². The highest BCUT2D eigenvalue weighted by Gasteiger charge is 2.32. The summed E-state index contributed by atoms with van der Waals surface area (Å²) in [7, 11) is 5.88. The molecule has 0 fully saturated rings. The molecule has 14 heavy (non-hydrogen) atoms. The van der Waals surface area contributed by atoms with Crippen LogP contribution in [0.2, 0.25) is 0 Å². The van der Waals surface area contributed by atoms with E-state index in [9.17, 15) is 0 Å². The lowest BCUT2D eigenvalue weighted by molar-refractivity contribution is 0.109. The number of hydrogen-bond donors (Lipinski definition) is 1. The highest BCUT2D eigenvalue weighted by Crippen LogP contribution is 2.22. The fourth-order valence-corrected chi connectivity index (χ4v) is 1.48. The fraction of sp³-hybridized carbons (Fsp3) is 1.00. The van der Waals surface area contributed by atoms with Crippen molar-refractivity contribution in [2.45, 2.75) is 38.8 Å². The standard InChI is InChI=1S/C11H26N2O/c1-9(7-8-14-6)10(12)11(2,3)13(4)5/h9-10H,7-8,12H2,1-6H3. The zero-order valence-corrected chi connectivity index (χ0v) is 10.5. The fourth-order valence-electron chi connectivity index (χ4n) is 1.48. The number of nitrogens with two attached hydrogens (primary N) is 1. The van der Waals surface area contributed by atoms with E-state index in [4.69, 9.17) is 10.5 Å². The van der Waals surface area contributed by atoms with Crippen LogP contribution in [0, 0.1) is 5.92 Å². The van der Waals surface area contributed by atoms with Crippen molar-refractivity contribution in [1.82, 2.24) is 4.90 Å². The van der Waals surface area contributed by atoms with Gasteiger partial charge in [0, 0.05) is 25.3 Å². The van der Waals surface area contributed by atoms with Gasteiger partial charge in [0.1, 0.15) is 0 Å². The van der Waals surface area contributed by atoms with Gasteiger partial charge in [-0.05, 0) is 40.3 Å². The molecule has 0 heterocycles. The van der Waals surface area contributed by atoms with E-state index in [1.54, 1.807) is 7.11 Å². The molecule has 3 heteroatoms.